The van der Waals surface area contributed by atoms with E-state index in [9.17, 15) is 14.4 Å². The number of thioether (sulfide) groups is 1. The van der Waals surface area contributed by atoms with Crippen LogP contribution in [-0.4, -0.2) is 41.7 Å². The first-order chi connectivity index (χ1) is 16.9. The van der Waals surface area contributed by atoms with Crippen molar-refractivity contribution in [1.29, 1.82) is 0 Å². The van der Waals surface area contributed by atoms with Gasteiger partial charge in [0.15, 0.2) is 11.5 Å². The zero-order chi connectivity index (χ0) is 24.5. The van der Waals surface area contributed by atoms with Gasteiger partial charge in [0.25, 0.3) is 11.1 Å². The van der Waals surface area contributed by atoms with Crippen molar-refractivity contribution in [2.24, 2.45) is 0 Å². The van der Waals surface area contributed by atoms with E-state index in [-0.39, 0.29) is 4.91 Å². The van der Waals surface area contributed by atoms with Crippen LogP contribution in [0.25, 0.3) is 17.4 Å². The third-order valence-corrected chi connectivity index (χ3v) is 6.84. The summed E-state index contributed by atoms with van der Waals surface area (Å²) in [6, 6.07) is 13.5. The minimum atomic E-state index is -0.587. The van der Waals surface area contributed by atoms with Crippen LogP contribution in [0.5, 0.6) is 11.5 Å². The highest BCUT2D eigenvalue weighted by atomic mass is 35.5. The van der Waals surface area contributed by atoms with Gasteiger partial charge < -0.3 is 19.2 Å². The number of carbonyl (C=O) groups is 3. The highest BCUT2D eigenvalue weighted by Gasteiger charge is 2.36. The lowest BCUT2D eigenvalue weighted by Gasteiger charge is -2.19. The van der Waals surface area contributed by atoms with Gasteiger partial charge in [0, 0.05) is 23.4 Å². The van der Waals surface area contributed by atoms with E-state index in [0.717, 1.165) is 16.7 Å². The van der Waals surface area contributed by atoms with Gasteiger partial charge in [-0.3, -0.25) is 19.3 Å². The standard InChI is InChI=1S/C24H16Cl2N2O6S/c25-16-3-1-2-15(22(16)26)17-7-5-14(34-17)11-20-23(30)28(24(31)35-20)12-21(29)27-13-4-6-18-19(10-13)33-9-8-32-18/h1-7,10-11H,8-9,12H2,(H,27,29)/b20-11+. The zero-order valence-electron chi connectivity index (χ0n) is 17.9. The fourth-order valence-corrected chi connectivity index (χ4v) is 4.71. The molecule has 1 fully saturated rings. The Hall–Kier alpha value is -3.40. The molecule has 0 unspecified atom stereocenters. The van der Waals surface area contributed by atoms with Crippen molar-refractivity contribution in [3.8, 4) is 22.8 Å². The molecule has 0 saturated carbocycles. The number of benzene rings is 2. The highest BCUT2D eigenvalue weighted by molar-refractivity contribution is 8.18. The van der Waals surface area contributed by atoms with Gasteiger partial charge in [-0.15, -0.1) is 0 Å². The SMILES string of the molecule is O=C(CN1C(=O)S/C(=C/c2ccc(-c3cccc(Cl)c3Cl)o2)C1=O)Nc1ccc2c(c1)OCCO2. The minimum Gasteiger partial charge on any atom is -0.486 e. The van der Waals surface area contributed by atoms with Crippen LogP contribution in [0.4, 0.5) is 10.5 Å². The van der Waals surface area contributed by atoms with Crippen LogP contribution in [0, 0.1) is 0 Å². The van der Waals surface area contributed by atoms with Crippen LogP contribution in [0.3, 0.4) is 0 Å². The lowest BCUT2D eigenvalue weighted by atomic mass is 10.2. The topological polar surface area (TPSA) is 98.1 Å². The second-order valence-corrected chi connectivity index (χ2v) is 9.26. The summed E-state index contributed by atoms with van der Waals surface area (Å²) in [5.74, 6) is 0.797. The van der Waals surface area contributed by atoms with Crippen LogP contribution < -0.4 is 14.8 Å². The summed E-state index contributed by atoms with van der Waals surface area (Å²) in [6.45, 7) is 0.438. The fourth-order valence-electron chi connectivity index (χ4n) is 3.50. The molecule has 1 N–H and O–H groups in total. The average molecular weight is 531 g/mol. The molecule has 11 heteroatoms. The number of halogens is 2. The van der Waals surface area contributed by atoms with Gasteiger partial charge in [-0.2, -0.15) is 0 Å². The Bertz CT molecular complexity index is 1390. The lowest BCUT2D eigenvalue weighted by molar-refractivity contribution is -0.127. The number of carbonyl (C=O) groups excluding carboxylic acids is 3. The molecule has 2 aliphatic heterocycles. The van der Waals surface area contributed by atoms with E-state index < -0.39 is 23.6 Å². The number of furan rings is 1. The number of hydrogen-bond donors (Lipinski definition) is 1. The van der Waals surface area contributed by atoms with E-state index in [1.807, 2.05) is 0 Å². The largest absolute Gasteiger partial charge is 0.486 e. The highest BCUT2D eigenvalue weighted by Crippen LogP contribution is 2.37. The van der Waals surface area contributed by atoms with E-state index in [0.29, 0.717) is 57.5 Å². The molecule has 0 bridgehead atoms. The van der Waals surface area contributed by atoms with Crippen molar-refractivity contribution < 1.29 is 28.3 Å². The van der Waals surface area contributed by atoms with Crippen molar-refractivity contribution in [2.75, 3.05) is 25.1 Å². The van der Waals surface area contributed by atoms with Crippen molar-refractivity contribution in [2.45, 2.75) is 0 Å². The van der Waals surface area contributed by atoms with Gasteiger partial charge in [-0.25, -0.2) is 0 Å². The smallest absolute Gasteiger partial charge is 0.294 e. The Kier molecular flexibility index (Phi) is 6.46. The quantitative estimate of drug-likeness (QED) is 0.422. The van der Waals surface area contributed by atoms with Crippen LogP contribution in [0.1, 0.15) is 5.76 Å². The molecule has 0 radical (unpaired) electrons. The summed E-state index contributed by atoms with van der Waals surface area (Å²) >= 11 is 13.0. The molecule has 3 amide bonds. The number of imide groups is 1. The van der Waals surface area contributed by atoms with Gasteiger partial charge in [-0.05, 0) is 48.2 Å². The van der Waals surface area contributed by atoms with Gasteiger partial charge in [-0.1, -0.05) is 29.3 Å². The van der Waals surface area contributed by atoms with E-state index in [4.69, 9.17) is 37.1 Å². The summed E-state index contributed by atoms with van der Waals surface area (Å²) in [4.78, 5) is 38.7. The van der Waals surface area contributed by atoms with Crippen molar-refractivity contribution in [1.82, 2.24) is 4.90 Å². The normalized spacial score (nSPS) is 16.2. The van der Waals surface area contributed by atoms with Gasteiger partial charge in [0.1, 0.15) is 31.3 Å². The molecule has 3 heterocycles. The van der Waals surface area contributed by atoms with E-state index in [1.54, 1.807) is 48.5 Å². The molecular formula is C24H16Cl2N2O6S. The fraction of sp³-hybridized carbons (Fsp3) is 0.125. The second kappa shape index (κ2) is 9.69. The van der Waals surface area contributed by atoms with Crippen molar-refractivity contribution in [3.63, 3.8) is 0 Å². The molecule has 2 aromatic carbocycles. The number of hydrogen-bond acceptors (Lipinski definition) is 7. The lowest BCUT2D eigenvalue weighted by Crippen LogP contribution is -2.36. The molecule has 178 valence electrons. The first kappa shape index (κ1) is 23.3. The zero-order valence-corrected chi connectivity index (χ0v) is 20.2. The molecule has 5 rings (SSSR count). The summed E-state index contributed by atoms with van der Waals surface area (Å²) in [6.07, 6.45) is 1.45. The average Bonchev–Trinajstić information content (AvgIpc) is 3.41. The molecule has 35 heavy (non-hydrogen) atoms. The summed E-state index contributed by atoms with van der Waals surface area (Å²) in [5, 5.41) is 2.85. The maximum Gasteiger partial charge on any atom is 0.294 e. The predicted molar refractivity (Wildman–Crippen MR) is 133 cm³/mol. The Morgan fingerprint density at radius 3 is 2.69 bits per heavy atom. The number of nitrogens with one attached hydrogen (secondary N) is 1. The van der Waals surface area contributed by atoms with E-state index >= 15 is 0 Å². The van der Waals surface area contributed by atoms with Crippen LogP contribution in [0.15, 0.2) is 57.9 Å². The third kappa shape index (κ3) is 4.88. The molecule has 2 aliphatic rings. The molecule has 8 nitrogen and oxygen atoms in total. The van der Waals surface area contributed by atoms with Crippen molar-refractivity contribution in [3.05, 3.63) is 69.2 Å². The number of rotatable bonds is 5. The number of anilines is 1. The minimum absolute atomic E-state index is 0.139. The number of amides is 3. The van der Waals surface area contributed by atoms with E-state index in [2.05, 4.69) is 5.32 Å². The molecule has 0 spiro atoms. The van der Waals surface area contributed by atoms with Crippen LogP contribution in [-0.2, 0) is 9.59 Å². The monoisotopic (exact) mass is 530 g/mol. The molecule has 1 aromatic heterocycles. The molecule has 0 atom stereocenters. The van der Waals surface area contributed by atoms with Gasteiger partial charge in [0.05, 0.1) is 15.0 Å². The van der Waals surface area contributed by atoms with Gasteiger partial charge >= 0.3 is 0 Å². The van der Waals surface area contributed by atoms with E-state index in [1.165, 1.54) is 6.08 Å². The summed E-state index contributed by atoms with van der Waals surface area (Å²) < 4.78 is 16.7. The Labute approximate surface area is 213 Å². The maximum atomic E-state index is 12.8. The number of fused-ring (bicyclic) bond motifs is 1. The molecular weight excluding hydrogens is 515 g/mol. The first-order valence-corrected chi connectivity index (χ1v) is 12.0. The Morgan fingerprint density at radius 2 is 1.86 bits per heavy atom. The van der Waals surface area contributed by atoms with Crippen LogP contribution in [0.2, 0.25) is 10.0 Å². The number of ether oxygens (including phenoxy) is 2. The Balaban J connectivity index is 1.26. The summed E-state index contributed by atoms with van der Waals surface area (Å²) in [7, 11) is 0. The Morgan fingerprint density at radius 1 is 1.06 bits per heavy atom. The number of nitrogens with zero attached hydrogens (tertiary/aromatic N) is 1. The molecule has 0 aliphatic carbocycles. The second-order valence-electron chi connectivity index (χ2n) is 7.48. The molecule has 3 aromatic rings. The maximum absolute atomic E-state index is 12.8. The predicted octanol–water partition coefficient (Wildman–Crippen LogP) is 5.70. The molecule has 1 saturated heterocycles. The first-order valence-electron chi connectivity index (χ1n) is 10.4. The van der Waals surface area contributed by atoms with Gasteiger partial charge in [0.2, 0.25) is 5.91 Å². The summed E-state index contributed by atoms with van der Waals surface area (Å²) in [5.41, 5.74) is 1.06. The van der Waals surface area contributed by atoms with Crippen molar-refractivity contribution >= 4 is 63.8 Å². The third-order valence-electron chi connectivity index (χ3n) is 5.12. The van der Waals surface area contributed by atoms with Crippen LogP contribution >= 0.6 is 35.0 Å².